The summed E-state index contributed by atoms with van der Waals surface area (Å²) < 4.78 is 72.0. The molecule has 0 aliphatic carbocycles. The van der Waals surface area contributed by atoms with Gasteiger partial charge in [0.2, 0.25) is 5.91 Å². The molecule has 3 rings (SSSR count). The minimum atomic E-state index is -4.58. The Kier molecular flexibility index (Phi) is 7.51. The number of nitrogens with one attached hydrogen (secondary N) is 1. The Morgan fingerprint density at radius 3 is 2.24 bits per heavy atom. The second-order valence-corrected chi connectivity index (χ2v) is 9.24. The lowest BCUT2D eigenvalue weighted by Gasteiger charge is -2.24. The maximum atomic E-state index is 13.4. The second kappa shape index (κ2) is 10.2. The smallest absolute Gasteiger partial charge is 0.416 e. The second-order valence-electron chi connectivity index (χ2n) is 7.38. The Morgan fingerprint density at radius 1 is 1.00 bits per heavy atom. The van der Waals surface area contributed by atoms with E-state index < -0.39 is 34.2 Å². The van der Waals surface area contributed by atoms with Gasteiger partial charge in [-0.3, -0.25) is 9.10 Å². The van der Waals surface area contributed by atoms with Crippen molar-refractivity contribution in [3.63, 3.8) is 0 Å². The van der Waals surface area contributed by atoms with Gasteiger partial charge in [0.05, 0.1) is 22.8 Å². The third-order valence-corrected chi connectivity index (χ3v) is 6.59. The fourth-order valence-corrected chi connectivity index (χ4v) is 4.55. The van der Waals surface area contributed by atoms with Gasteiger partial charge >= 0.3 is 6.18 Å². The van der Waals surface area contributed by atoms with Crippen molar-refractivity contribution < 1.29 is 31.1 Å². The summed E-state index contributed by atoms with van der Waals surface area (Å²) in [5.41, 5.74) is 0.0252. The van der Waals surface area contributed by atoms with Crippen molar-refractivity contribution in [2.75, 3.05) is 22.8 Å². The topological polar surface area (TPSA) is 75.7 Å². The molecule has 1 amide bonds. The summed E-state index contributed by atoms with van der Waals surface area (Å²) in [6, 6.07) is 16.4. The van der Waals surface area contributed by atoms with E-state index in [1.54, 1.807) is 31.2 Å². The number of aryl methyl sites for hydroxylation is 1. The van der Waals surface area contributed by atoms with Crippen molar-refractivity contribution in [3.8, 4) is 5.75 Å². The number of amides is 1. The van der Waals surface area contributed by atoms with E-state index in [-0.39, 0.29) is 16.3 Å². The van der Waals surface area contributed by atoms with E-state index in [9.17, 15) is 26.4 Å². The average Bonchev–Trinajstić information content (AvgIpc) is 2.78. The molecule has 1 N–H and O–H groups in total. The van der Waals surface area contributed by atoms with Crippen molar-refractivity contribution in [1.82, 2.24) is 0 Å². The van der Waals surface area contributed by atoms with Gasteiger partial charge < -0.3 is 10.1 Å². The van der Waals surface area contributed by atoms with Crippen molar-refractivity contribution in [2.45, 2.75) is 24.9 Å². The Labute approximate surface area is 196 Å². The first-order chi connectivity index (χ1) is 16.0. The van der Waals surface area contributed by atoms with Crippen LogP contribution < -0.4 is 14.4 Å². The highest BCUT2D eigenvalue weighted by molar-refractivity contribution is 7.92. The lowest BCUT2D eigenvalue weighted by atomic mass is 10.2. The summed E-state index contributed by atoms with van der Waals surface area (Å²) in [4.78, 5) is 12.7. The first-order valence-corrected chi connectivity index (χ1v) is 11.7. The fraction of sp³-hybridized carbons (Fsp3) is 0.208. The van der Waals surface area contributed by atoms with Crippen molar-refractivity contribution in [1.29, 1.82) is 0 Å². The Balaban J connectivity index is 1.92. The van der Waals surface area contributed by atoms with E-state index in [1.807, 2.05) is 6.92 Å². The van der Waals surface area contributed by atoms with Crippen LogP contribution in [0.25, 0.3) is 0 Å². The molecule has 0 spiro atoms. The number of halogens is 3. The summed E-state index contributed by atoms with van der Waals surface area (Å²) in [6.07, 6.45) is -4.58. The van der Waals surface area contributed by atoms with E-state index in [1.165, 1.54) is 30.3 Å². The van der Waals surface area contributed by atoms with Gasteiger partial charge in [0.1, 0.15) is 12.3 Å². The van der Waals surface area contributed by atoms with Crippen LogP contribution in [0, 0.1) is 6.92 Å². The zero-order valence-corrected chi connectivity index (χ0v) is 19.3. The number of rotatable bonds is 8. The molecule has 0 aliphatic rings. The highest BCUT2D eigenvalue weighted by Crippen LogP contribution is 2.31. The molecule has 34 heavy (non-hydrogen) atoms. The van der Waals surface area contributed by atoms with Gasteiger partial charge in [-0.25, -0.2) is 8.42 Å². The zero-order valence-electron chi connectivity index (χ0n) is 18.5. The lowest BCUT2D eigenvalue weighted by Crippen LogP contribution is -2.38. The Morgan fingerprint density at radius 2 is 1.65 bits per heavy atom. The number of carbonyl (C=O) groups excluding carboxylic acids is 1. The number of hydrogen-bond acceptors (Lipinski definition) is 4. The molecule has 0 atom stereocenters. The maximum absolute atomic E-state index is 13.4. The molecule has 180 valence electrons. The maximum Gasteiger partial charge on any atom is 0.416 e. The highest BCUT2D eigenvalue weighted by Gasteiger charge is 2.31. The highest BCUT2D eigenvalue weighted by atomic mass is 32.2. The van der Waals surface area contributed by atoms with Gasteiger partial charge in [-0.2, -0.15) is 13.2 Å². The first-order valence-electron chi connectivity index (χ1n) is 10.3. The number of carbonyl (C=O) groups is 1. The normalized spacial score (nSPS) is 11.7. The number of hydrogen-bond donors (Lipinski definition) is 1. The first kappa shape index (κ1) is 25.1. The molecule has 0 saturated carbocycles. The third-order valence-electron chi connectivity index (χ3n) is 4.81. The molecule has 10 heteroatoms. The molecular weight excluding hydrogens is 469 g/mol. The van der Waals surface area contributed by atoms with Crippen LogP contribution in [0.3, 0.4) is 0 Å². The van der Waals surface area contributed by atoms with E-state index >= 15 is 0 Å². The summed E-state index contributed by atoms with van der Waals surface area (Å²) >= 11 is 0. The minimum absolute atomic E-state index is 0.0288. The molecule has 0 radical (unpaired) electrons. The van der Waals surface area contributed by atoms with E-state index in [0.29, 0.717) is 12.4 Å². The number of alkyl halides is 3. The Bertz CT molecular complexity index is 1240. The van der Waals surface area contributed by atoms with Gasteiger partial charge in [-0.1, -0.05) is 23.8 Å². The molecule has 3 aromatic carbocycles. The summed E-state index contributed by atoms with van der Waals surface area (Å²) in [5, 5.41) is 2.35. The molecule has 0 heterocycles. The quantitative estimate of drug-likeness (QED) is 0.466. The van der Waals surface area contributed by atoms with E-state index in [4.69, 9.17) is 4.74 Å². The van der Waals surface area contributed by atoms with Crippen LogP contribution in [0.15, 0.2) is 77.7 Å². The molecule has 0 aliphatic heterocycles. The molecule has 0 saturated heterocycles. The van der Waals surface area contributed by atoms with E-state index in [0.717, 1.165) is 28.1 Å². The molecule has 0 fully saturated rings. The van der Waals surface area contributed by atoms with Crippen LogP contribution in [-0.2, 0) is 21.0 Å². The molecular formula is C24H23F3N2O4S. The molecule has 0 aromatic heterocycles. The molecule has 6 nitrogen and oxygen atoms in total. The predicted octanol–water partition coefficient (Wildman–Crippen LogP) is 5.25. The summed E-state index contributed by atoms with van der Waals surface area (Å²) in [7, 11) is -4.16. The third kappa shape index (κ3) is 6.07. The van der Waals surface area contributed by atoms with Crippen molar-refractivity contribution in [3.05, 3.63) is 83.9 Å². The number of anilines is 2. The van der Waals surface area contributed by atoms with Gasteiger partial charge in [0, 0.05) is 5.69 Å². The van der Waals surface area contributed by atoms with Gasteiger partial charge in [-0.05, 0) is 68.4 Å². The number of ether oxygens (including phenoxy) is 1. The number of sulfonamides is 1. The van der Waals surface area contributed by atoms with Crippen LogP contribution in [0.4, 0.5) is 24.5 Å². The van der Waals surface area contributed by atoms with Gasteiger partial charge in [-0.15, -0.1) is 0 Å². The summed E-state index contributed by atoms with van der Waals surface area (Å²) in [6.45, 7) is 3.38. The summed E-state index contributed by atoms with van der Waals surface area (Å²) in [5.74, 6) is -0.281. The molecule has 0 unspecified atom stereocenters. The molecule has 0 bridgehead atoms. The van der Waals surface area contributed by atoms with Crippen molar-refractivity contribution >= 4 is 27.3 Å². The standard InChI is InChI=1S/C24H23F3N2O4S/c1-3-33-21-11-9-20(10-12-21)29(34(31,32)22-13-7-17(2)8-14-22)16-23(30)28-19-6-4-5-18(15-19)24(25,26)27/h4-15H,3,16H2,1-2H3,(H,28,30). The Hall–Kier alpha value is -3.53. The van der Waals surface area contributed by atoms with Gasteiger partial charge in [0.15, 0.2) is 0 Å². The van der Waals surface area contributed by atoms with E-state index in [2.05, 4.69) is 5.32 Å². The predicted molar refractivity (Wildman–Crippen MR) is 123 cm³/mol. The van der Waals surface area contributed by atoms with Crippen LogP contribution in [-0.4, -0.2) is 27.5 Å². The minimum Gasteiger partial charge on any atom is -0.494 e. The molecule has 3 aromatic rings. The number of benzene rings is 3. The van der Waals surface area contributed by atoms with Crippen LogP contribution >= 0.6 is 0 Å². The zero-order chi connectivity index (χ0) is 24.9. The number of nitrogens with zero attached hydrogens (tertiary/aromatic N) is 1. The average molecular weight is 493 g/mol. The van der Waals surface area contributed by atoms with Crippen molar-refractivity contribution in [2.24, 2.45) is 0 Å². The fourth-order valence-electron chi connectivity index (χ4n) is 3.13. The SMILES string of the molecule is CCOc1ccc(N(CC(=O)Nc2cccc(C(F)(F)F)c2)S(=O)(=O)c2ccc(C)cc2)cc1. The largest absolute Gasteiger partial charge is 0.494 e. The lowest BCUT2D eigenvalue weighted by molar-refractivity contribution is -0.137. The van der Waals surface area contributed by atoms with Gasteiger partial charge in [0.25, 0.3) is 10.0 Å². The van der Waals surface area contributed by atoms with Crippen LogP contribution in [0.1, 0.15) is 18.1 Å². The van der Waals surface area contributed by atoms with Crippen LogP contribution in [0.2, 0.25) is 0 Å². The van der Waals surface area contributed by atoms with Crippen LogP contribution in [0.5, 0.6) is 5.75 Å². The monoisotopic (exact) mass is 492 g/mol.